The van der Waals surface area contributed by atoms with Crippen LogP contribution in [0, 0.1) is 10.1 Å². The Bertz CT molecular complexity index is 571. The maximum Gasteiger partial charge on any atom is 0.270 e. The summed E-state index contributed by atoms with van der Waals surface area (Å²) in [6.45, 7) is 3.39. The van der Waals surface area contributed by atoms with Crippen molar-refractivity contribution in [3.8, 4) is 0 Å². The van der Waals surface area contributed by atoms with Crippen LogP contribution in [0.5, 0.6) is 0 Å². The van der Waals surface area contributed by atoms with Crippen LogP contribution in [-0.2, 0) is 10.0 Å². The van der Waals surface area contributed by atoms with Crippen molar-refractivity contribution in [2.24, 2.45) is 0 Å². The number of hydrogen-bond donors (Lipinski definition) is 0. The summed E-state index contributed by atoms with van der Waals surface area (Å²) >= 11 is 5.81. The Hall–Kier alpha value is -1.18. The van der Waals surface area contributed by atoms with Crippen molar-refractivity contribution in [3.05, 3.63) is 33.3 Å². The summed E-state index contributed by atoms with van der Waals surface area (Å²) in [5.41, 5.74) is -0.310. The molecule has 0 saturated carbocycles. The minimum Gasteiger partial charge on any atom is -0.258 e. The molecule has 0 aliphatic rings. The van der Waals surface area contributed by atoms with Gasteiger partial charge in [0.15, 0.2) is 0 Å². The number of nitro benzene ring substituents is 1. The van der Waals surface area contributed by atoms with Gasteiger partial charge < -0.3 is 0 Å². The molecule has 0 spiro atoms. The van der Waals surface area contributed by atoms with Crippen molar-refractivity contribution in [3.63, 3.8) is 0 Å². The van der Waals surface area contributed by atoms with E-state index in [1.54, 1.807) is 13.8 Å². The number of sulfonamides is 1. The highest BCUT2D eigenvalue weighted by atomic mass is 35.5. The number of halogens is 1. The van der Waals surface area contributed by atoms with Crippen molar-refractivity contribution in [1.82, 2.24) is 4.31 Å². The second-order valence-electron chi connectivity index (χ2n) is 3.99. The van der Waals surface area contributed by atoms with Crippen molar-refractivity contribution in [2.45, 2.75) is 24.8 Å². The van der Waals surface area contributed by atoms with Crippen molar-refractivity contribution in [1.29, 1.82) is 0 Å². The fraction of sp³-hybridized carbons (Fsp3) is 0.400. The lowest BCUT2D eigenvalue weighted by Gasteiger charge is -2.21. The number of nitrogens with zero attached hydrogens (tertiary/aromatic N) is 2. The molecule has 0 atom stereocenters. The van der Waals surface area contributed by atoms with Gasteiger partial charge in [-0.1, -0.05) is 11.6 Å². The molecular weight excluding hydrogens is 280 g/mol. The normalized spacial score (nSPS) is 12.1. The molecule has 0 aliphatic heterocycles. The van der Waals surface area contributed by atoms with Crippen molar-refractivity contribution < 1.29 is 13.3 Å². The largest absolute Gasteiger partial charge is 0.270 e. The standard InChI is InChI=1S/C10H13ClN2O4S/c1-7(2)12(3)18(16,17)10-6-8(13(14)15)4-5-9(10)11/h4-7H,1-3H3. The minimum absolute atomic E-state index is 0.0342. The first kappa shape index (κ1) is 14.9. The third kappa shape index (κ3) is 2.80. The van der Waals surface area contributed by atoms with E-state index in [1.165, 1.54) is 13.1 Å². The Morgan fingerprint density at radius 3 is 2.39 bits per heavy atom. The Kier molecular flexibility index (Phi) is 4.31. The van der Waals surface area contributed by atoms with Gasteiger partial charge in [-0.05, 0) is 19.9 Å². The van der Waals surface area contributed by atoms with Crippen LogP contribution in [0.4, 0.5) is 5.69 Å². The molecule has 0 heterocycles. The molecule has 0 radical (unpaired) electrons. The summed E-state index contributed by atoms with van der Waals surface area (Å²) < 4.78 is 25.5. The molecule has 0 unspecified atom stereocenters. The van der Waals surface area contributed by atoms with E-state index < -0.39 is 14.9 Å². The highest BCUT2D eigenvalue weighted by Gasteiger charge is 2.27. The van der Waals surface area contributed by atoms with E-state index in [9.17, 15) is 18.5 Å². The van der Waals surface area contributed by atoms with E-state index in [4.69, 9.17) is 11.6 Å². The van der Waals surface area contributed by atoms with Gasteiger partial charge in [0.25, 0.3) is 5.69 Å². The molecule has 100 valence electrons. The molecule has 0 bridgehead atoms. The van der Waals surface area contributed by atoms with Crippen LogP contribution in [-0.4, -0.2) is 30.7 Å². The fourth-order valence-electron chi connectivity index (χ4n) is 1.24. The Balaban J connectivity index is 3.41. The number of non-ortho nitro benzene ring substituents is 1. The molecule has 6 nitrogen and oxygen atoms in total. The first-order valence-corrected chi connectivity index (χ1v) is 6.91. The predicted molar refractivity (Wildman–Crippen MR) is 68.2 cm³/mol. The topological polar surface area (TPSA) is 80.5 Å². The maximum absolute atomic E-state index is 12.2. The monoisotopic (exact) mass is 292 g/mol. The first-order chi connectivity index (χ1) is 8.17. The van der Waals surface area contributed by atoms with Crippen LogP contribution in [0.15, 0.2) is 23.1 Å². The predicted octanol–water partition coefficient (Wildman–Crippen LogP) is 2.28. The summed E-state index contributed by atoms with van der Waals surface area (Å²) in [5.74, 6) is 0. The van der Waals surface area contributed by atoms with Crippen LogP contribution < -0.4 is 0 Å². The van der Waals surface area contributed by atoms with Gasteiger partial charge in [0.1, 0.15) is 4.90 Å². The van der Waals surface area contributed by atoms with Crippen molar-refractivity contribution in [2.75, 3.05) is 7.05 Å². The van der Waals surface area contributed by atoms with E-state index in [0.29, 0.717) is 0 Å². The number of benzene rings is 1. The lowest BCUT2D eigenvalue weighted by Crippen LogP contribution is -2.33. The van der Waals surface area contributed by atoms with Gasteiger partial charge in [-0.2, -0.15) is 4.31 Å². The van der Waals surface area contributed by atoms with Crippen LogP contribution in [0.1, 0.15) is 13.8 Å². The molecule has 0 aliphatic carbocycles. The maximum atomic E-state index is 12.2. The SMILES string of the molecule is CC(C)N(C)S(=O)(=O)c1cc([N+](=O)[O-])ccc1Cl. The molecule has 0 saturated heterocycles. The lowest BCUT2D eigenvalue weighted by atomic mass is 10.3. The van der Waals surface area contributed by atoms with Gasteiger partial charge in [-0.25, -0.2) is 8.42 Å². The molecule has 8 heteroatoms. The summed E-state index contributed by atoms with van der Waals surface area (Å²) in [4.78, 5) is 9.73. The zero-order chi connectivity index (χ0) is 14.1. The van der Waals surface area contributed by atoms with Gasteiger partial charge in [-0.15, -0.1) is 0 Å². The minimum atomic E-state index is -3.83. The summed E-state index contributed by atoms with van der Waals surface area (Å²) in [6, 6.07) is 3.07. The molecule has 1 aromatic carbocycles. The third-order valence-electron chi connectivity index (χ3n) is 2.51. The highest BCUT2D eigenvalue weighted by molar-refractivity contribution is 7.89. The van der Waals surface area contributed by atoms with E-state index in [1.807, 2.05) is 0 Å². The smallest absolute Gasteiger partial charge is 0.258 e. The molecule has 1 aromatic rings. The molecule has 0 fully saturated rings. The fourth-order valence-corrected chi connectivity index (χ4v) is 3.10. The second-order valence-corrected chi connectivity index (χ2v) is 6.36. The van der Waals surface area contributed by atoms with E-state index >= 15 is 0 Å². The zero-order valence-corrected chi connectivity index (χ0v) is 11.7. The molecule has 0 aromatic heterocycles. The van der Waals surface area contributed by atoms with Gasteiger partial charge >= 0.3 is 0 Å². The summed E-state index contributed by atoms with van der Waals surface area (Å²) in [6.07, 6.45) is 0. The number of nitro groups is 1. The Morgan fingerprint density at radius 1 is 1.39 bits per heavy atom. The second kappa shape index (κ2) is 5.21. The molecular formula is C10H13ClN2O4S. The average Bonchev–Trinajstić information content (AvgIpc) is 2.27. The van der Waals surface area contributed by atoms with Crippen LogP contribution in [0.3, 0.4) is 0 Å². The summed E-state index contributed by atoms with van der Waals surface area (Å²) in [5, 5.41) is 10.6. The number of hydrogen-bond acceptors (Lipinski definition) is 4. The third-order valence-corrected chi connectivity index (χ3v) is 5.02. The number of rotatable bonds is 4. The molecule has 18 heavy (non-hydrogen) atoms. The van der Waals surface area contributed by atoms with E-state index in [0.717, 1.165) is 16.4 Å². The van der Waals surface area contributed by atoms with Crippen LogP contribution in [0.25, 0.3) is 0 Å². The van der Waals surface area contributed by atoms with Gasteiger partial charge in [0.2, 0.25) is 10.0 Å². The lowest BCUT2D eigenvalue weighted by molar-refractivity contribution is -0.385. The Morgan fingerprint density at radius 2 is 1.94 bits per heavy atom. The molecule has 0 amide bonds. The van der Waals surface area contributed by atoms with E-state index in [2.05, 4.69) is 0 Å². The van der Waals surface area contributed by atoms with Gasteiger partial charge in [-0.3, -0.25) is 10.1 Å². The van der Waals surface area contributed by atoms with Crippen LogP contribution >= 0.6 is 11.6 Å². The van der Waals surface area contributed by atoms with Crippen molar-refractivity contribution >= 4 is 27.3 Å². The molecule has 0 N–H and O–H groups in total. The molecule has 1 rings (SSSR count). The summed E-state index contributed by atoms with van der Waals surface area (Å²) in [7, 11) is -2.43. The van der Waals surface area contributed by atoms with E-state index in [-0.39, 0.29) is 21.6 Å². The van der Waals surface area contributed by atoms with Gasteiger partial charge in [0.05, 0.1) is 9.95 Å². The Labute approximate surface area is 110 Å². The van der Waals surface area contributed by atoms with Gasteiger partial charge in [0, 0.05) is 25.2 Å². The zero-order valence-electron chi connectivity index (χ0n) is 10.1. The highest BCUT2D eigenvalue weighted by Crippen LogP contribution is 2.28. The quantitative estimate of drug-likeness (QED) is 0.630. The first-order valence-electron chi connectivity index (χ1n) is 5.10. The average molecular weight is 293 g/mol. The van der Waals surface area contributed by atoms with Crippen LogP contribution in [0.2, 0.25) is 5.02 Å².